The van der Waals surface area contributed by atoms with E-state index >= 15 is 0 Å². The fraction of sp³-hybridized carbons (Fsp3) is 0.412. The lowest BCUT2D eigenvalue weighted by molar-refractivity contribution is 0.0720. The van der Waals surface area contributed by atoms with Gasteiger partial charge in [0.25, 0.3) is 5.91 Å². The van der Waals surface area contributed by atoms with E-state index in [0.29, 0.717) is 18.7 Å². The Morgan fingerprint density at radius 3 is 2.81 bits per heavy atom. The molecule has 1 heterocycles. The van der Waals surface area contributed by atoms with Crippen LogP contribution in [0.3, 0.4) is 0 Å². The summed E-state index contributed by atoms with van der Waals surface area (Å²) in [5.74, 6) is -0.0289. The normalized spacial score (nSPS) is 10.8. The first kappa shape index (κ1) is 15.4. The van der Waals surface area contributed by atoms with Crippen molar-refractivity contribution < 1.29 is 9.90 Å². The zero-order chi connectivity index (χ0) is 15.1. The lowest BCUT2D eigenvalue weighted by atomic mass is 10.1. The van der Waals surface area contributed by atoms with Crippen molar-refractivity contribution in [2.45, 2.75) is 26.2 Å². The fourth-order valence-electron chi connectivity index (χ4n) is 2.45. The van der Waals surface area contributed by atoms with Gasteiger partial charge in [-0.15, -0.1) is 0 Å². The standard InChI is InChI=1S/C17H22N2O2/c1-2-3-4-11-19(12-13-20)17(21)15-7-5-9-16-14(15)8-6-10-18-16/h5-10,20H,2-4,11-13H2,1H3. The number of rotatable bonds is 7. The minimum atomic E-state index is -0.0289. The molecule has 0 radical (unpaired) electrons. The number of aliphatic hydroxyl groups excluding tert-OH is 1. The van der Waals surface area contributed by atoms with Crippen LogP contribution >= 0.6 is 0 Å². The summed E-state index contributed by atoms with van der Waals surface area (Å²) >= 11 is 0. The molecule has 0 saturated carbocycles. The van der Waals surface area contributed by atoms with Gasteiger partial charge < -0.3 is 10.0 Å². The Bertz CT molecular complexity index is 593. The molecule has 0 bridgehead atoms. The van der Waals surface area contributed by atoms with Crippen LogP contribution in [0.1, 0.15) is 36.5 Å². The third-order valence-corrected chi connectivity index (χ3v) is 3.56. The average molecular weight is 286 g/mol. The zero-order valence-corrected chi connectivity index (χ0v) is 12.5. The summed E-state index contributed by atoms with van der Waals surface area (Å²) in [6, 6.07) is 9.34. The van der Waals surface area contributed by atoms with Crippen LogP contribution in [0.4, 0.5) is 0 Å². The van der Waals surface area contributed by atoms with Crippen LogP contribution < -0.4 is 0 Å². The molecule has 1 amide bonds. The highest BCUT2D eigenvalue weighted by molar-refractivity contribution is 6.06. The van der Waals surface area contributed by atoms with Gasteiger partial charge in [0.05, 0.1) is 12.1 Å². The number of aromatic nitrogens is 1. The van der Waals surface area contributed by atoms with E-state index in [1.54, 1.807) is 11.1 Å². The number of amides is 1. The molecule has 1 N–H and O–H groups in total. The van der Waals surface area contributed by atoms with Crippen LogP contribution in [-0.2, 0) is 0 Å². The maximum absolute atomic E-state index is 12.7. The maximum Gasteiger partial charge on any atom is 0.254 e. The van der Waals surface area contributed by atoms with Crippen molar-refractivity contribution >= 4 is 16.8 Å². The molecule has 2 rings (SSSR count). The lowest BCUT2D eigenvalue weighted by Crippen LogP contribution is -2.34. The van der Waals surface area contributed by atoms with Crippen molar-refractivity contribution in [3.05, 3.63) is 42.1 Å². The van der Waals surface area contributed by atoms with Crippen LogP contribution in [0.2, 0.25) is 0 Å². The molecule has 0 fully saturated rings. The molecule has 1 aromatic carbocycles. The molecule has 0 spiro atoms. The van der Waals surface area contributed by atoms with Gasteiger partial charge in [0.1, 0.15) is 0 Å². The van der Waals surface area contributed by atoms with Gasteiger partial charge >= 0.3 is 0 Å². The van der Waals surface area contributed by atoms with Crippen LogP contribution in [0.5, 0.6) is 0 Å². The molecule has 0 atom stereocenters. The molecular weight excluding hydrogens is 264 g/mol. The molecule has 2 aromatic rings. The van der Waals surface area contributed by atoms with Gasteiger partial charge in [-0.3, -0.25) is 9.78 Å². The first-order chi connectivity index (χ1) is 10.3. The van der Waals surface area contributed by atoms with Crippen molar-refractivity contribution in [2.24, 2.45) is 0 Å². The second kappa shape index (κ2) is 7.74. The molecule has 0 saturated heterocycles. The summed E-state index contributed by atoms with van der Waals surface area (Å²) in [6.07, 6.45) is 4.89. The molecule has 1 aromatic heterocycles. The van der Waals surface area contributed by atoms with E-state index < -0.39 is 0 Å². The second-order valence-electron chi connectivity index (χ2n) is 5.10. The van der Waals surface area contributed by atoms with Gasteiger partial charge in [-0.25, -0.2) is 0 Å². The van der Waals surface area contributed by atoms with Crippen LogP contribution in [-0.4, -0.2) is 40.6 Å². The molecule has 112 valence electrons. The predicted molar refractivity (Wildman–Crippen MR) is 84.3 cm³/mol. The molecule has 4 heteroatoms. The molecule has 0 aliphatic carbocycles. The second-order valence-corrected chi connectivity index (χ2v) is 5.10. The molecule has 0 unspecified atom stereocenters. The van der Waals surface area contributed by atoms with E-state index in [1.807, 2.05) is 30.3 Å². The summed E-state index contributed by atoms with van der Waals surface area (Å²) in [5, 5.41) is 10.1. The fourth-order valence-corrected chi connectivity index (χ4v) is 2.45. The summed E-state index contributed by atoms with van der Waals surface area (Å²) < 4.78 is 0. The molecule has 0 aliphatic heterocycles. The number of benzene rings is 1. The van der Waals surface area contributed by atoms with Gasteiger partial charge in [-0.05, 0) is 24.6 Å². The van der Waals surface area contributed by atoms with E-state index in [9.17, 15) is 9.90 Å². The minimum absolute atomic E-state index is 0.0130. The zero-order valence-electron chi connectivity index (χ0n) is 12.5. The van der Waals surface area contributed by atoms with E-state index in [0.717, 1.165) is 30.2 Å². The number of carbonyl (C=O) groups is 1. The predicted octanol–water partition coefficient (Wildman–Crippen LogP) is 2.86. The number of hydrogen-bond acceptors (Lipinski definition) is 3. The Labute approximate surface area is 125 Å². The first-order valence-electron chi connectivity index (χ1n) is 7.51. The number of carbonyl (C=O) groups excluding carboxylic acids is 1. The van der Waals surface area contributed by atoms with Crippen molar-refractivity contribution in [3.63, 3.8) is 0 Å². The quantitative estimate of drug-likeness (QED) is 0.796. The highest BCUT2D eigenvalue weighted by atomic mass is 16.3. The molecule has 4 nitrogen and oxygen atoms in total. The smallest absolute Gasteiger partial charge is 0.254 e. The Morgan fingerprint density at radius 2 is 2.05 bits per heavy atom. The summed E-state index contributed by atoms with van der Waals surface area (Å²) in [5.41, 5.74) is 1.48. The molecule has 0 aliphatic rings. The number of fused-ring (bicyclic) bond motifs is 1. The average Bonchev–Trinajstić information content (AvgIpc) is 2.53. The van der Waals surface area contributed by atoms with Crippen LogP contribution in [0, 0.1) is 0 Å². The SMILES string of the molecule is CCCCCN(CCO)C(=O)c1cccc2ncccc12. The number of hydrogen-bond donors (Lipinski definition) is 1. The topological polar surface area (TPSA) is 53.4 Å². The summed E-state index contributed by atoms with van der Waals surface area (Å²) in [7, 11) is 0. The number of pyridine rings is 1. The van der Waals surface area contributed by atoms with Gasteiger partial charge in [0.15, 0.2) is 0 Å². The van der Waals surface area contributed by atoms with Gasteiger partial charge in [0.2, 0.25) is 0 Å². The van der Waals surface area contributed by atoms with Gasteiger partial charge in [-0.2, -0.15) is 0 Å². The van der Waals surface area contributed by atoms with E-state index in [-0.39, 0.29) is 12.5 Å². The number of aliphatic hydroxyl groups is 1. The van der Waals surface area contributed by atoms with Crippen molar-refractivity contribution in [2.75, 3.05) is 19.7 Å². The third kappa shape index (κ3) is 3.79. The van der Waals surface area contributed by atoms with E-state index in [2.05, 4.69) is 11.9 Å². The number of unbranched alkanes of at least 4 members (excludes halogenated alkanes) is 2. The highest BCUT2D eigenvalue weighted by Gasteiger charge is 2.17. The summed E-state index contributed by atoms with van der Waals surface area (Å²) in [6.45, 7) is 3.18. The monoisotopic (exact) mass is 286 g/mol. The molecular formula is C17H22N2O2. The lowest BCUT2D eigenvalue weighted by Gasteiger charge is -2.22. The number of nitrogens with zero attached hydrogens (tertiary/aromatic N) is 2. The minimum Gasteiger partial charge on any atom is -0.395 e. The highest BCUT2D eigenvalue weighted by Crippen LogP contribution is 2.18. The Hall–Kier alpha value is -1.94. The van der Waals surface area contributed by atoms with Crippen LogP contribution in [0.25, 0.3) is 10.9 Å². The van der Waals surface area contributed by atoms with Gasteiger partial charge in [-0.1, -0.05) is 31.9 Å². The molecule has 21 heavy (non-hydrogen) atoms. The maximum atomic E-state index is 12.7. The van der Waals surface area contributed by atoms with Crippen molar-refractivity contribution in [3.8, 4) is 0 Å². The van der Waals surface area contributed by atoms with Crippen molar-refractivity contribution in [1.82, 2.24) is 9.88 Å². The van der Waals surface area contributed by atoms with E-state index in [1.165, 1.54) is 0 Å². The van der Waals surface area contributed by atoms with Crippen molar-refractivity contribution in [1.29, 1.82) is 0 Å². The largest absolute Gasteiger partial charge is 0.395 e. The third-order valence-electron chi connectivity index (χ3n) is 3.56. The van der Waals surface area contributed by atoms with Gasteiger partial charge in [0, 0.05) is 30.2 Å². The van der Waals surface area contributed by atoms with E-state index in [4.69, 9.17) is 0 Å². The Balaban J connectivity index is 2.25. The first-order valence-corrected chi connectivity index (χ1v) is 7.51. The summed E-state index contributed by atoms with van der Waals surface area (Å²) in [4.78, 5) is 18.7. The Kier molecular flexibility index (Phi) is 5.69. The Morgan fingerprint density at radius 1 is 1.19 bits per heavy atom. The van der Waals surface area contributed by atoms with Crippen LogP contribution in [0.15, 0.2) is 36.5 Å².